The lowest BCUT2D eigenvalue weighted by Crippen LogP contribution is -1.97. The second kappa shape index (κ2) is 30.5. The maximum Gasteiger partial charge on any atom is 0.234 e. The molecule has 0 radical (unpaired) electrons. The third-order valence-corrected chi connectivity index (χ3v) is 28.9. The smallest absolute Gasteiger partial charge is 0.234 e. The molecule has 0 aliphatic rings. The first kappa shape index (κ1) is 77.0. The van der Waals surface area contributed by atoms with E-state index in [1.54, 1.807) is 6.20 Å². The van der Waals surface area contributed by atoms with Gasteiger partial charge in [0.25, 0.3) is 0 Å². The highest BCUT2D eigenvalue weighted by molar-refractivity contribution is 6.38. The van der Waals surface area contributed by atoms with Crippen molar-refractivity contribution in [1.82, 2.24) is 47.0 Å². The summed E-state index contributed by atoms with van der Waals surface area (Å²) in [5.74, 6) is 1.65. The van der Waals surface area contributed by atoms with E-state index in [0.717, 1.165) is 56.3 Å². The highest BCUT2D eigenvalue weighted by atomic mass is 15.1. The Kier molecular flexibility index (Phi) is 17.0. The van der Waals surface area contributed by atoms with E-state index in [9.17, 15) is 0 Å². The maximum absolute atomic E-state index is 5.10. The molecule has 640 valence electrons. The predicted molar refractivity (Wildman–Crippen MR) is 576 cm³/mol. The Morgan fingerprint density at radius 2 is 0.514 bits per heavy atom. The van der Waals surface area contributed by atoms with E-state index < -0.39 is 0 Å². The summed E-state index contributed by atoms with van der Waals surface area (Å²) in [4.78, 5) is 19.0. The number of aromatic nitrogens is 10. The minimum absolute atomic E-state index is 0.708. The van der Waals surface area contributed by atoms with Crippen LogP contribution in [0.15, 0.2) is 474 Å². The number of rotatable bonds is 10. The molecule has 10 heteroatoms. The molecule has 0 amide bonds. The van der Waals surface area contributed by atoms with Crippen LogP contribution < -0.4 is 0 Å². The van der Waals surface area contributed by atoms with Gasteiger partial charge in [-0.25, -0.2) is 19.9 Å². The maximum atomic E-state index is 5.10. The molecular weight excluding hydrogens is 1680 g/mol. The first-order valence-corrected chi connectivity index (χ1v) is 47.1. The topological polar surface area (TPSA) is 80.1 Å². The summed E-state index contributed by atoms with van der Waals surface area (Å²) in [6.45, 7) is 0. The van der Waals surface area contributed by atoms with Crippen LogP contribution in [-0.2, 0) is 0 Å². The number of imidazole rings is 3. The molecule has 0 aliphatic carbocycles. The number of para-hydroxylation sites is 9. The molecule has 23 aromatic carbocycles. The van der Waals surface area contributed by atoms with Crippen LogP contribution in [-0.4, -0.2) is 47.0 Å². The van der Waals surface area contributed by atoms with E-state index in [1.807, 2.05) is 47.3 Å². The summed E-state index contributed by atoms with van der Waals surface area (Å²) < 4.78 is 13.5. The summed E-state index contributed by atoms with van der Waals surface area (Å²) in [5.41, 5.74) is 27.6. The third kappa shape index (κ3) is 11.8. The van der Waals surface area contributed by atoms with Crippen molar-refractivity contribution in [3.8, 4) is 90.0 Å². The molecule has 10 nitrogen and oxygen atoms in total. The molecule has 8 heterocycles. The average Bonchev–Trinajstić information content (AvgIpc) is 1.51. The van der Waals surface area contributed by atoms with E-state index in [0.29, 0.717) is 5.78 Å². The Bertz CT molecular complexity index is 9880. The first-order chi connectivity index (χ1) is 68.4. The lowest BCUT2D eigenvalue weighted by atomic mass is 9.88. The minimum atomic E-state index is 0.708. The molecule has 31 aromatic rings. The third-order valence-electron chi connectivity index (χ3n) is 28.9. The van der Waals surface area contributed by atoms with Crippen molar-refractivity contribution in [1.29, 1.82) is 0 Å². The lowest BCUT2D eigenvalue weighted by Gasteiger charge is -2.16. The standard InChI is InChI=1S/C47H29N3.C41H25N3.C40H24N4/c1-3-11-34(12-4-1)49-41-17-9-7-15-38(41)46-39-28-24-31-23-26-36(37-27-25-33(29-43(46)49)45(39)44(31)37)30-19-21-32(22-20-30)47-48-40-16-8-10-18-42(40)50(47)35-13-5-2-6-14-35;1-2-8-30(9-3-1)44-36-11-5-4-10-33(36)41-34-22-18-28-17-20-31(32-21-19-29(24-37(41)44)40(34)39(28)32)26-13-15-27(16-14-26)35-25-43-23-7-6-12-38(43)42-35;1-2-7-29(8-3-1)44-35-10-5-4-9-32(35)39-33-20-16-27-15-18-30(31-19-17-28(23-36(39)44)38(33)37(27)31)25-11-13-26(14-12-25)34-24-43-22-6-21-41-40(43)42-34/h1-29H;1-25H;1-24H. The van der Waals surface area contributed by atoms with Crippen LogP contribution in [0, 0.1) is 0 Å². The van der Waals surface area contributed by atoms with Crippen molar-refractivity contribution in [3.05, 3.63) is 474 Å². The molecule has 8 aromatic heterocycles. The van der Waals surface area contributed by atoms with Crippen LogP contribution in [0.2, 0.25) is 0 Å². The van der Waals surface area contributed by atoms with Crippen LogP contribution in [0.5, 0.6) is 0 Å². The molecule has 0 saturated heterocycles. The summed E-state index contributed by atoms with van der Waals surface area (Å²) in [7, 11) is 0. The molecule has 0 bridgehead atoms. The SMILES string of the molecule is c1ccc(-n2c(-c3ccc(-c4ccc5ccc6c7c(ccc4c57)cc4c6c5ccccc5n4-c4ccccc4)cc3)nc3ccccc32)cc1.c1ccc(-n2c3ccccc3c3c4ccc5ccc(-c6ccc(-c7cn8ccccc8n7)cc6)c6ccc(cc32)c4c56)cc1.c1ccc(-n2c3ccccc3c3c4ccc5ccc(-c6ccc(-c7cn8cccnc8n7)cc6)c6ccc(cc32)c4c56)cc1. The fraction of sp³-hybridized carbons (Fsp3) is 0. The Labute approximate surface area is 790 Å². The predicted octanol–water partition coefficient (Wildman–Crippen LogP) is 33.1. The number of benzene rings is 23. The van der Waals surface area contributed by atoms with Crippen molar-refractivity contribution in [2.45, 2.75) is 0 Å². The van der Waals surface area contributed by atoms with Gasteiger partial charge in [0.05, 0.1) is 55.5 Å². The zero-order chi connectivity index (χ0) is 90.3. The molecule has 0 spiro atoms. The van der Waals surface area contributed by atoms with Crippen LogP contribution in [0.4, 0.5) is 0 Å². The van der Waals surface area contributed by atoms with Gasteiger partial charge in [0.2, 0.25) is 5.78 Å². The van der Waals surface area contributed by atoms with Gasteiger partial charge in [0.1, 0.15) is 11.5 Å². The number of fused-ring (bicyclic) bond motifs is 15. The van der Waals surface area contributed by atoms with E-state index in [2.05, 4.69) is 452 Å². The normalized spacial score (nSPS) is 12.1. The van der Waals surface area contributed by atoms with Crippen LogP contribution in [0.3, 0.4) is 0 Å². The molecule has 138 heavy (non-hydrogen) atoms. The second-order valence-corrected chi connectivity index (χ2v) is 36.4. The van der Waals surface area contributed by atoms with Crippen LogP contribution >= 0.6 is 0 Å². The quantitative estimate of drug-likeness (QED) is 0.128. The van der Waals surface area contributed by atoms with Crippen molar-refractivity contribution in [2.75, 3.05) is 0 Å². The molecule has 0 fully saturated rings. The van der Waals surface area contributed by atoms with E-state index >= 15 is 0 Å². The Hall–Kier alpha value is -18.6. The van der Waals surface area contributed by atoms with Crippen LogP contribution in [0.25, 0.3) is 275 Å². The summed E-state index contributed by atoms with van der Waals surface area (Å²) in [5, 5.41) is 31.1. The lowest BCUT2D eigenvalue weighted by molar-refractivity contribution is 1.10. The highest BCUT2D eigenvalue weighted by Crippen LogP contribution is 2.51. The number of nitrogens with zero attached hydrogens (tertiary/aromatic N) is 10. The summed E-state index contributed by atoms with van der Waals surface area (Å²) in [6, 6.07) is 161. The number of hydrogen-bond acceptors (Lipinski definition) is 4. The van der Waals surface area contributed by atoms with Gasteiger partial charge < -0.3 is 18.1 Å². The summed E-state index contributed by atoms with van der Waals surface area (Å²) in [6.07, 6.45) is 9.91. The molecular formula is C128H78N10. The van der Waals surface area contributed by atoms with Gasteiger partial charge >= 0.3 is 0 Å². The molecule has 31 rings (SSSR count). The van der Waals surface area contributed by atoms with Gasteiger partial charge in [-0.05, 0) is 246 Å². The molecule has 0 aliphatic heterocycles. The number of pyridine rings is 1. The van der Waals surface area contributed by atoms with Gasteiger partial charge in [-0.2, -0.15) is 0 Å². The van der Waals surface area contributed by atoms with Gasteiger partial charge in [-0.15, -0.1) is 0 Å². The zero-order valence-corrected chi connectivity index (χ0v) is 74.5. The number of hydrogen-bond donors (Lipinski definition) is 0. The molecule has 0 N–H and O–H groups in total. The van der Waals surface area contributed by atoms with Crippen molar-refractivity contribution >= 4 is 185 Å². The van der Waals surface area contributed by atoms with Crippen molar-refractivity contribution < 1.29 is 0 Å². The van der Waals surface area contributed by atoms with E-state index in [-0.39, 0.29) is 0 Å². The van der Waals surface area contributed by atoms with Crippen molar-refractivity contribution in [2.24, 2.45) is 0 Å². The Balaban J connectivity index is 0.000000100. The summed E-state index contributed by atoms with van der Waals surface area (Å²) >= 11 is 0. The average molecular weight is 1760 g/mol. The monoisotopic (exact) mass is 1750 g/mol. The zero-order valence-electron chi connectivity index (χ0n) is 74.5. The van der Waals surface area contributed by atoms with Gasteiger partial charge in [-0.1, -0.05) is 328 Å². The second-order valence-electron chi connectivity index (χ2n) is 36.4. The first-order valence-electron chi connectivity index (χ1n) is 47.1. The fourth-order valence-corrected chi connectivity index (χ4v) is 22.9. The minimum Gasteiger partial charge on any atom is -0.309 e. The fourth-order valence-electron chi connectivity index (χ4n) is 22.9. The Morgan fingerprint density at radius 1 is 0.188 bits per heavy atom. The van der Waals surface area contributed by atoms with Gasteiger partial charge in [0.15, 0.2) is 0 Å². The van der Waals surface area contributed by atoms with E-state index in [4.69, 9.17) is 15.0 Å². The molecule has 0 saturated carbocycles. The van der Waals surface area contributed by atoms with Crippen molar-refractivity contribution in [3.63, 3.8) is 0 Å². The van der Waals surface area contributed by atoms with E-state index in [1.165, 1.54) is 213 Å². The van der Waals surface area contributed by atoms with Crippen LogP contribution in [0.1, 0.15) is 0 Å². The molecule has 0 atom stereocenters. The largest absolute Gasteiger partial charge is 0.309 e. The molecule has 0 unspecified atom stereocenters. The Morgan fingerprint density at radius 3 is 0.935 bits per heavy atom. The highest BCUT2D eigenvalue weighted by Gasteiger charge is 2.26. The van der Waals surface area contributed by atoms with Gasteiger partial charge in [-0.3, -0.25) is 8.97 Å². The van der Waals surface area contributed by atoms with Gasteiger partial charge in [0, 0.05) is 103 Å².